The first kappa shape index (κ1) is 11.4. The molecule has 1 aliphatic rings. The zero-order valence-corrected chi connectivity index (χ0v) is 11.2. The highest BCUT2D eigenvalue weighted by atomic mass is 28.3. The minimum absolute atomic E-state index is 0.405. The number of hydrogen-bond donors (Lipinski definition) is 2. The fraction of sp³-hybridized carbons (Fsp3) is 0.583. The van der Waals surface area contributed by atoms with Crippen LogP contribution in [-0.2, 0) is 0 Å². The Bertz CT molecular complexity index is 413. The van der Waals surface area contributed by atoms with E-state index in [0.29, 0.717) is 6.04 Å². The van der Waals surface area contributed by atoms with Crippen molar-refractivity contribution in [2.24, 2.45) is 0 Å². The number of aromatic amines is 1. The molecule has 86 valence electrons. The lowest BCUT2D eigenvalue weighted by Gasteiger charge is -2.04. The summed E-state index contributed by atoms with van der Waals surface area (Å²) >= 11 is 0. The first-order chi connectivity index (χ1) is 7.54. The van der Waals surface area contributed by atoms with E-state index in [0.717, 1.165) is 18.1 Å². The summed E-state index contributed by atoms with van der Waals surface area (Å²) in [6, 6.07) is 0.405. The molecule has 0 amide bonds. The SMILES string of the molecule is C[Si](C)(C)C#Cc1cnc([C@@H]2CCCN2)[nH]1. The number of hydrogen-bond acceptors (Lipinski definition) is 2. The maximum atomic E-state index is 4.39. The number of aromatic nitrogens is 2. The monoisotopic (exact) mass is 233 g/mol. The van der Waals surface area contributed by atoms with Gasteiger partial charge in [-0.15, -0.1) is 5.54 Å². The van der Waals surface area contributed by atoms with Crippen molar-refractivity contribution in [2.45, 2.75) is 38.5 Å². The van der Waals surface area contributed by atoms with Crippen LogP contribution in [0.4, 0.5) is 0 Å². The Kier molecular flexibility index (Phi) is 3.17. The van der Waals surface area contributed by atoms with Crippen LogP contribution < -0.4 is 5.32 Å². The molecule has 16 heavy (non-hydrogen) atoms. The predicted molar refractivity (Wildman–Crippen MR) is 68.8 cm³/mol. The van der Waals surface area contributed by atoms with Crippen LogP contribution in [0.2, 0.25) is 19.6 Å². The fourth-order valence-electron chi connectivity index (χ4n) is 1.75. The van der Waals surface area contributed by atoms with Crippen molar-refractivity contribution in [3.05, 3.63) is 17.7 Å². The largest absolute Gasteiger partial charge is 0.334 e. The Morgan fingerprint density at radius 1 is 1.44 bits per heavy atom. The molecule has 0 aliphatic carbocycles. The van der Waals surface area contributed by atoms with Crippen LogP contribution in [0.3, 0.4) is 0 Å². The lowest BCUT2D eigenvalue weighted by Crippen LogP contribution is -2.16. The zero-order valence-electron chi connectivity index (χ0n) is 10.2. The summed E-state index contributed by atoms with van der Waals surface area (Å²) in [5.41, 5.74) is 4.29. The van der Waals surface area contributed by atoms with Crippen LogP contribution in [0.15, 0.2) is 6.20 Å². The molecular weight excluding hydrogens is 214 g/mol. The van der Waals surface area contributed by atoms with E-state index in [1.807, 2.05) is 6.20 Å². The first-order valence-corrected chi connectivity index (χ1v) is 9.36. The molecule has 1 fully saturated rings. The number of H-pyrrole nitrogens is 1. The van der Waals surface area contributed by atoms with Crippen molar-refractivity contribution < 1.29 is 0 Å². The van der Waals surface area contributed by atoms with Gasteiger partial charge < -0.3 is 10.3 Å². The summed E-state index contributed by atoms with van der Waals surface area (Å²) in [6.07, 6.45) is 4.26. The van der Waals surface area contributed by atoms with Crippen LogP contribution in [0.1, 0.15) is 30.4 Å². The van der Waals surface area contributed by atoms with Crippen molar-refractivity contribution in [3.8, 4) is 11.5 Å². The van der Waals surface area contributed by atoms with Crippen molar-refractivity contribution in [1.29, 1.82) is 0 Å². The smallest absolute Gasteiger partial charge is 0.129 e. The maximum Gasteiger partial charge on any atom is 0.129 e. The van der Waals surface area contributed by atoms with Gasteiger partial charge in [0.1, 0.15) is 19.6 Å². The normalized spacial score (nSPS) is 20.6. The molecular formula is C12H19N3Si. The molecule has 1 aromatic heterocycles. The van der Waals surface area contributed by atoms with Crippen molar-refractivity contribution >= 4 is 8.07 Å². The maximum absolute atomic E-state index is 4.39. The van der Waals surface area contributed by atoms with Gasteiger partial charge in [0.05, 0.1) is 12.2 Å². The Morgan fingerprint density at radius 2 is 2.25 bits per heavy atom. The van der Waals surface area contributed by atoms with Gasteiger partial charge in [0, 0.05) is 0 Å². The average Bonchev–Trinajstić information content (AvgIpc) is 2.84. The van der Waals surface area contributed by atoms with Gasteiger partial charge in [-0.2, -0.15) is 0 Å². The van der Waals surface area contributed by atoms with Gasteiger partial charge in [0.25, 0.3) is 0 Å². The summed E-state index contributed by atoms with van der Waals surface area (Å²) in [5.74, 6) is 4.23. The van der Waals surface area contributed by atoms with E-state index >= 15 is 0 Å². The molecule has 1 saturated heterocycles. The molecule has 1 aromatic rings. The molecule has 4 heteroatoms. The molecule has 2 rings (SSSR count). The summed E-state index contributed by atoms with van der Waals surface area (Å²) < 4.78 is 0. The highest BCUT2D eigenvalue weighted by Crippen LogP contribution is 2.19. The van der Waals surface area contributed by atoms with E-state index in [9.17, 15) is 0 Å². The van der Waals surface area contributed by atoms with E-state index in [4.69, 9.17) is 0 Å². The van der Waals surface area contributed by atoms with E-state index < -0.39 is 8.07 Å². The Balaban J connectivity index is 2.09. The molecule has 0 unspecified atom stereocenters. The molecule has 2 heterocycles. The van der Waals surface area contributed by atoms with Crippen molar-refractivity contribution in [3.63, 3.8) is 0 Å². The van der Waals surface area contributed by atoms with Gasteiger partial charge in [-0.3, -0.25) is 0 Å². The van der Waals surface area contributed by atoms with Crippen molar-refractivity contribution in [1.82, 2.24) is 15.3 Å². The molecule has 3 nitrogen and oxygen atoms in total. The number of nitrogens with zero attached hydrogens (tertiary/aromatic N) is 1. The fourth-order valence-corrected chi connectivity index (χ4v) is 2.26. The lowest BCUT2D eigenvalue weighted by atomic mass is 10.2. The van der Waals surface area contributed by atoms with Gasteiger partial charge in [0.15, 0.2) is 0 Å². The molecule has 1 aliphatic heterocycles. The molecule has 0 saturated carbocycles. The Hall–Kier alpha value is -1.05. The zero-order chi connectivity index (χ0) is 11.6. The third-order valence-corrected chi connectivity index (χ3v) is 3.43. The number of imidazole rings is 1. The third-order valence-electron chi connectivity index (χ3n) is 2.56. The second kappa shape index (κ2) is 4.44. The van der Waals surface area contributed by atoms with Gasteiger partial charge in [-0.1, -0.05) is 25.6 Å². The molecule has 0 bridgehead atoms. The molecule has 0 spiro atoms. The second-order valence-corrected chi connectivity index (χ2v) is 10.1. The van der Waals surface area contributed by atoms with Gasteiger partial charge in [0.2, 0.25) is 0 Å². The Morgan fingerprint density at radius 3 is 2.88 bits per heavy atom. The van der Waals surface area contributed by atoms with E-state index in [1.54, 1.807) is 0 Å². The Labute approximate surface area is 98.1 Å². The van der Waals surface area contributed by atoms with Gasteiger partial charge in [-0.05, 0) is 19.4 Å². The molecule has 0 aromatic carbocycles. The van der Waals surface area contributed by atoms with Crippen LogP contribution in [-0.4, -0.2) is 24.6 Å². The third kappa shape index (κ3) is 2.97. The van der Waals surface area contributed by atoms with Gasteiger partial charge >= 0.3 is 0 Å². The summed E-state index contributed by atoms with van der Waals surface area (Å²) in [7, 11) is -1.29. The van der Waals surface area contributed by atoms with E-state index in [-0.39, 0.29) is 0 Å². The minimum atomic E-state index is -1.29. The predicted octanol–water partition coefficient (Wildman–Crippen LogP) is 2.06. The first-order valence-electron chi connectivity index (χ1n) is 5.86. The molecule has 0 radical (unpaired) electrons. The number of nitrogens with one attached hydrogen (secondary N) is 2. The van der Waals surface area contributed by atoms with Crippen LogP contribution in [0.25, 0.3) is 0 Å². The topological polar surface area (TPSA) is 40.7 Å². The van der Waals surface area contributed by atoms with Crippen LogP contribution in [0, 0.1) is 11.5 Å². The van der Waals surface area contributed by atoms with Crippen LogP contribution >= 0.6 is 0 Å². The minimum Gasteiger partial charge on any atom is -0.334 e. The number of rotatable bonds is 1. The van der Waals surface area contributed by atoms with E-state index in [1.165, 1.54) is 12.8 Å². The standard InChI is InChI=1S/C12H19N3Si/c1-16(2,3)8-6-10-9-14-12(15-10)11-5-4-7-13-11/h9,11,13H,4-5,7H2,1-3H3,(H,14,15)/t11-/m0/s1. The highest BCUT2D eigenvalue weighted by molar-refractivity contribution is 6.83. The highest BCUT2D eigenvalue weighted by Gasteiger charge is 2.18. The quantitative estimate of drug-likeness (QED) is 0.576. The van der Waals surface area contributed by atoms with E-state index in [2.05, 4.69) is 46.4 Å². The lowest BCUT2D eigenvalue weighted by molar-refractivity contribution is 0.612. The summed E-state index contributed by atoms with van der Waals surface area (Å²) in [6.45, 7) is 7.84. The van der Waals surface area contributed by atoms with Gasteiger partial charge in [-0.25, -0.2) is 4.98 Å². The van der Waals surface area contributed by atoms with Crippen LogP contribution in [0.5, 0.6) is 0 Å². The molecule has 2 N–H and O–H groups in total. The second-order valence-electron chi connectivity index (χ2n) is 5.33. The average molecular weight is 233 g/mol. The summed E-state index contributed by atoms with van der Waals surface area (Å²) in [4.78, 5) is 7.70. The van der Waals surface area contributed by atoms with Crippen molar-refractivity contribution in [2.75, 3.05) is 6.54 Å². The summed E-state index contributed by atoms with van der Waals surface area (Å²) in [5, 5.41) is 3.43. The molecule has 1 atom stereocenters.